The molecular formula is C29H39N3O2. The standard InChI is InChI=1S/C29H39N3O2/c1-20-10-9-11-21(2)26(20)27(33)32-18-23-16-31(17-24(23)19-32)15-14-25(22-12-7-6-8-13-22)30-28(34)29(3,4)5/h6-13,23-25H,14-19H2,1-5H3,(H,30,34). The molecule has 0 saturated carbocycles. The molecule has 2 aliphatic rings. The van der Waals surface area contributed by atoms with E-state index in [0.717, 1.165) is 61.4 Å². The smallest absolute Gasteiger partial charge is 0.254 e. The second kappa shape index (κ2) is 9.91. The molecule has 4 rings (SSSR count). The van der Waals surface area contributed by atoms with Gasteiger partial charge in [0, 0.05) is 43.7 Å². The Balaban J connectivity index is 1.34. The van der Waals surface area contributed by atoms with Crippen LogP contribution in [0.25, 0.3) is 0 Å². The first-order valence-electron chi connectivity index (χ1n) is 12.6. The predicted octanol–water partition coefficient (Wildman–Crippen LogP) is 4.60. The number of carbonyl (C=O) groups is 2. The van der Waals surface area contributed by atoms with Crippen molar-refractivity contribution in [3.05, 3.63) is 70.8 Å². The van der Waals surface area contributed by atoms with E-state index in [2.05, 4.69) is 27.2 Å². The molecule has 2 aliphatic heterocycles. The van der Waals surface area contributed by atoms with Gasteiger partial charge >= 0.3 is 0 Å². The highest BCUT2D eigenvalue weighted by Gasteiger charge is 2.42. The lowest BCUT2D eigenvalue weighted by Crippen LogP contribution is -2.39. The molecule has 2 amide bonds. The maximum atomic E-state index is 13.2. The van der Waals surface area contributed by atoms with Gasteiger partial charge in [0.1, 0.15) is 0 Å². The van der Waals surface area contributed by atoms with Crippen LogP contribution in [0.2, 0.25) is 0 Å². The summed E-state index contributed by atoms with van der Waals surface area (Å²) in [6.07, 6.45) is 0.885. The highest BCUT2D eigenvalue weighted by atomic mass is 16.2. The number of rotatable bonds is 6. The van der Waals surface area contributed by atoms with E-state index in [0.29, 0.717) is 11.8 Å². The molecular weight excluding hydrogens is 422 g/mol. The van der Waals surface area contributed by atoms with Crippen molar-refractivity contribution < 1.29 is 9.59 Å². The normalized spacial score (nSPS) is 21.4. The van der Waals surface area contributed by atoms with Crippen LogP contribution in [0.4, 0.5) is 0 Å². The lowest BCUT2D eigenvalue weighted by Gasteiger charge is -2.27. The molecule has 0 spiro atoms. The predicted molar refractivity (Wildman–Crippen MR) is 137 cm³/mol. The van der Waals surface area contributed by atoms with Crippen LogP contribution < -0.4 is 5.32 Å². The Morgan fingerprint density at radius 2 is 1.50 bits per heavy atom. The van der Waals surface area contributed by atoms with E-state index in [-0.39, 0.29) is 17.9 Å². The number of benzene rings is 2. The molecule has 34 heavy (non-hydrogen) atoms. The number of hydrogen-bond donors (Lipinski definition) is 1. The maximum absolute atomic E-state index is 13.2. The maximum Gasteiger partial charge on any atom is 0.254 e. The van der Waals surface area contributed by atoms with Crippen LogP contribution in [0.3, 0.4) is 0 Å². The molecule has 0 radical (unpaired) electrons. The van der Waals surface area contributed by atoms with Crippen LogP contribution in [0.15, 0.2) is 48.5 Å². The minimum absolute atomic E-state index is 0.00970. The SMILES string of the molecule is Cc1cccc(C)c1C(=O)N1CC2CN(CCC(NC(=O)C(C)(C)C)c3ccccc3)CC2C1. The van der Waals surface area contributed by atoms with Crippen LogP contribution in [0, 0.1) is 31.1 Å². The molecule has 0 aromatic heterocycles. The van der Waals surface area contributed by atoms with E-state index >= 15 is 0 Å². The number of fused-ring (bicyclic) bond motifs is 1. The molecule has 2 aromatic carbocycles. The van der Waals surface area contributed by atoms with Crippen LogP contribution in [-0.4, -0.2) is 54.3 Å². The first kappa shape index (κ1) is 24.5. The number of likely N-dealkylation sites (tertiary alicyclic amines) is 2. The summed E-state index contributed by atoms with van der Waals surface area (Å²) in [5, 5.41) is 3.28. The zero-order valence-corrected chi connectivity index (χ0v) is 21.3. The topological polar surface area (TPSA) is 52.7 Å². The van der Waals surface area contributed by atoms with Gasteiger partial charge in [-0.25, -0.2) is 0 Å². The van der Waals surface area contributed by atoms with Crippen molar-refractivity contribution in [3.63, 3.8) is 0 Å². The van der Waals surface area contributed by atoms with Crippen molar-refractivity contribution in [2.45, 2.75) is 47.1 Å². The van der Waals surface area contributed by atoms with E-state index in [4.69, 9.17) is 0 Å². The Hall–Kier alpha value is -2.66. The van der Waals surface area contributed by atoms with Gasteiger partial charge in [0.05, 0.1) is 6.04 Å². The Morgan fingerprint density at radius 3 is 2.06 bits per heavy atom. The fraction of sp³-hybridized carbons (Fsp3) is 0.517. The van der Waals surface area contributed by atoms with Crippen LogP contribution in [0.1, 0.15) is 60.3 Å². The highest BCUT2D eigenvalue weighted by Crippen LogP contribution is 2.33. The number of amides is 2. The van der Waals surface area contributed by atoms with Gasteiger partial charge in [-0.3, -0.25) is 9.59 Å². The molecule has 3 atom stereocenters. The Kier molecular flexibility index (Phi) is 7.13. The fourth-order valence-electron chi connectivity index (χ4n) is 5.44. The third kappa shape index (κ3) is 5.35. The van der Waals surface area contributed by atoms with Gasteiger partial charge in [-0.15, -0.1) is 0 Å². The molecule has 2 saturated heterocycles. The summed E-state index contributed by atoms with van der Waals surface area (Å²) in [7, 11) is 0. The van der Waals surface area contributed by atoms with Gasteiger partial charge in [-0.1, -0.05) is 69.3 Å². The van der Waals surface area contributed by atoms with Gasteiger partial charge in [0.15, 0.2) is 0 Å². The summed E-state index contributed by atoms with van der Waals surface area (Å²) in [6, 6.07) is 16.4. The molecule has 3 unspecified atom stereocenters. The summed E-state index contributed by atoms with van der Waals surface area (Å²) in [4.78, 5) is 30.5. The van der Waals surface area contributed by atoms with E-state index in [1.807, 2.05) is 71.0 Å². The number of carbonyl (C=O) groups excluding carboxylic acids is 2. The fourth-order valence-corrected chi connectivity index (χ4v) is 5.44. The zero-order valence-electron chi connectivity index (χ0n) is 21.3. The van der Waals surface area contributed by atoms with E-state index in [1.165, 1.54) is 0 Å². The summed E-state index contributed by atoms with van der Waals surface area (Å²) < 4.78 is 0. The van der Waals surface area contributed by atoms with Crippen molar-refractivity contribution in [1.29, 1.82) is 0 Å². The lowest BCUT2D eigenvalue weighted by atomic mass is 9.94. The first-order valence-corrected chi connectivity index (χ1v) is 12.6. The van der Waals surface area contributed by atoms with Crippen LogP contribution >= 0.6 is 0 Å². The molecule has 182 valence electrons. The highest BCUT2D eigenvalue weighted by molar-refractivity contribution is 5.97. The van der Waals surface area contributed by atoms with Gasteiger partial charge in [0.2, 0.25) is 5.91 Å². The van der Waals surface area contributed by atoms with Gasteiger partial charge in [-0.2, -0.15) is 0 Å². The Morgan fingerprint density at radius 1 is 0.912 bits per heavy atom. The minimum atomic E-state index is -0.414. The summed E-state index contributed by atoms with van der Waals surface area (Å²) >= 11 is 0. The van der Waals surface area contributed by atoms with E-state index in [1.54, 1.807) is 0 Å². The van der Waals surface area contributed by atoms with Crippen molar-refractivity contribution >= 4 is 11.8 Å². The molecule has 5 nitrogen and oxygen atoms in total. The summed E-state index contributed by atoms with van der Waals surface area (Å²) in [5.74, 6) is 1.34. The number of aryl methyl sites for hydroxylation is 2. The Labute approximate surface area is 204 Å². The molecule has 1 N–H and O–H groups in total. The lowest BCUT2D eigenvalue weighted by molar-refractivity contribution is -0.129. The Bertz CT molecular complexity index is 993. The average molecular weight is 462 g/mol. The molecule has 5 heteroatoms. The largest absolute Gasteiger partial charge is 0.349 e. The second-order valence-corrected chi connectivity index (χ2v) is 11.2. The van der Waals surface area contributed by atoms with Crippen LogP contribution in [-0.2, 0) is 4.79 Å². The van der Waals surface area contributed by atoms with E-state index in [9.17, 15) is 9.59 Å². The van der Waals surface area contributed by atoms with Crippen molar-refractivity contribution in [1.82, 2.24) is 15.1 Å². The van der Waals surface area contributed by atoms with Gasteiger partial charge in [0.25, 0.3) is 5.91 Å². The molecule has 0 aliphatic carbocycles. The summed E-state index contributed by atoms with van der Waals surface area (Å²) in [5.41, 5.74) is 3.74. The second-order valence-electron chi connectivity index (χ2n) is 11.2. The zero-order chi connectivity index (χ0) is 24.5. The van der Waals surface area contributed by atoms with Gasteiger partial charge < -0.3 is 15.1 Å². The number of nitrogens with one attached hydrogen (secondary N) is 1. The molecule has 2 fully saturated rings. The van der Waals surface area contributed by atoms with Crippen molar-refractivity contribution in [2.24, 2.45) is 17.3 Å². The average Bonchev–Trinajstić information content (AvgIpc) is 3.35. The molecule has 2 aromatic rings. The number of hydrogen-bond acceptors (Lipinski definition) is 3. The molecule has 0 bridgehead atoms. The molecule has 2 heterocycles. The third-order valence-electron chi connectivity index (χ3n) is 7.47. The van der Waals surface area contributed by atoms with Crippen molar-refractivity contribution in [2.75, 3.05) is 32.7 Å². The monoisotopic (exact) mass is 461 g/mol. The quantitative estimate of drug-likeness (QED) is 0.684. The summed E-state index contributed by atoms with van der Waals surface area (Å²) in [6.45, 7) is 14.6. The minimum Gasteiger partial charge on any atom is -0.349 e. The van der Waals surface area contributed by atoms with Crippen molar-refractivity contribution in [3.8, 4) is 0 Å². The van der Waals surface area contributed by atoms with Crippen LogP contribution in [0.5, 0.6) is 0 Å². The van der Waals surface area contributed by atoms with Gasteiger partial charge in [-0.05, 0) is 48.8 Å². The third-order valence-corrected chi connectivity index (χ3v) is 7.47. The number of nitrogens with zero attached hydrogens (tertiary/aromatic N) is 2. The first-order chi connectivity index (χ1) is 16.1. The van der Waals surface area contributed by atoms with E-state index < -0.39 is 5.41 Å².